The van der Waals surface area contributed by atoms with E-state index in [1.807, 2.05) is 6.07 Å². The molecule has 0 aliphatic carbocycles. The van der Waals surface area contributed by atoms with Gasteiger partial charge in [0.15, 0.2) is 0 Å². The van der Waals surface area contributed by atoms with Gasteiger partial charge in [-0.25, -0.2) is 0 Å². The zero-order valence-corrected chi connectivity index (χ0v) is 14.3. The first kappa shape index (κ1) is 17.8. The Morgan fingerprint density at radius 3 is 2.86 bits per heavy atom. The van der Waals surface area contributed by atoms with Crippen molar-refractivity contribution in [3.63, 3.8) is 0 Å². The number of nitrogen functional groups attached to an aromatic ring is 1. The molecule has 7 heteroatoms. The number of halogens is 1. The van der Waals surface area contributed by atoms with Crippen LogP contribution in [-0.2, 0) is 14.3 Å². The fourth-order valence-electron chi connectivity index (χ4n) is 1.52. The highest BCUT2D eigenvalue weighted by atomic mass is 79.9. The van der Waals surface area contributed by atoms with Crippen LogP contribution in [0, 0.1) is 0 Å². The van der Waals surface area contributed by atoms with Crippen molar-refractivity contribution in [2.24, 2.45) is 0 Å². The zero-order valence-electron chi connectivity index (χ0n) is 11.9. The fourth-order valence-corrected chi connectivity index (χ4v) is 3.01. The molecule has 3 N–H and O–H groups in total. The Balaban J connectivity index is 2.21. The van der Waals surface area contributed by atoms with Crippen molar-refractivity contribution >= 4 is 45.3 Å². The lowest BCUT2D eigenvalue weighted by atomic mass is 10.3. The average molecular weight is 375 g/mol. The molecule has 0 fully saturated rings. The summed E-state index contributed by atoms with van der Waals surface area (Å²) in [5.74, 6) is 0.0292. The van der Waals surface area contributed by atoms with E-state index < -0.39 is 0 Å². The van der Waals surface area contributed by atoms with E-state index in [-0.39, 0.29) is 11.9 Å². The van der Waals surface area contributed by atoms with Crippen molar-refractivity contribution in [1.82, 2.24) is 5.32 Å². The molecule has 116 valence electrons. The summed E-state index contributed by atoms with van der Waals surface area (Å²) >= 11 is 4.84. The van der Waals surface area contributed by atoms with Gasteiger partial charge in [-0.2, -0.15) is 0 Å². The third kappa shape index (κ3) is 7.38. The van der Waals surface area contributed by atoms with Crippen molar-refractivity contribution in [3.8, 4) is 0 Å². The molecule has 5 nitrogen and oxygen atoms in total. The molecule has 0 spiro atoms. The molecule has 1 amide bonds. The first-order chi connectivity index (χ1) is 10.0. The Hall–Kier alpha value is -1.21. The van der Waals surface area contributed by atoms with E-state index in [4.69, 9.17) is 10.5 Å². The maximum Gasteiger partial charge on any atom is 0.305 e. The Kier molecular flexibility index (Phi) is 8.22. The summed E-state index contributed by atoms with van der Waals surface area (Å²) in [5, 5.41) is 2.77. The number of anilines is 1. The summed E-state index contributed by atoms with van der Waals surface area (Å²) in [4.78, 5) is 23.7. The molecular formula is C14H19BrN2O3S. The lowest BCUT2D eigenvalue weighted by Gasteiger charge is -2.07. The third-order valence-electron chi connectivity index (χ3n) is 2.50. The minimum absolute atomic E-state index is 0.0624. The lowest BCUT2D eigenvalue weighted by Crippen LogP contribution is -2.26. The van der Waals surface area contributed by atoms with Crippen molar-refractivity contribution in [2.45, 2.75) is 24.7 Å². The molecular weight excluding hydrogens is 356 g/mol. The van der Waals surface area contributed by atoms with Gasteiger partial charge in [-0.3, -0.25) is 9.59 Å². The number of hydrogen-bond donors (Lipinski definition) is 2. The van der Waals surface area contributed by atoms with E-state index in [9.17, 15) is 9.59 Å². The zero-order chi connectivity index (χ0) is 15.7. The number of carbonyl (C=O) groups excluding carboxylic acids is 2. The number of benzene rings is 1. The monoisotopic (exact) mass is 374 g/mol. The SMILES string of the molecule is CCOC(=O)CCCNC(=O)CSc1ccc(N)cc1Br. The number of thioether (sulfide) groups is 1. The molecule has 21 heavy (non-hydrogen) atoms. The lowest BCUT2D eigenvalue weighted by molar-refractivity contribution is -0.143. The molecule has 0 saturated heterocycles. The maximum absolute atomic E-state index is 11.7. The molecule has 0 bridgehead atoms. The summed E-state index contributed by atoms with van der Waals surface area (Å²) < 4.78 is 5.68. The Labute approximate surface area is 137 Å². The molecule has 1 aromatic carbocycles. The van der Waals surface area contributed by atoms with Crippen LogP contribution in [0.2, 0.25) is 0 Å². The van der Waals surface area contributed by atoms with Gasteiger partial charge in [0.2, 0.25) is 5.91 Å². The van der Waals surface area contributed by atoms with Crippen LogP contribution in [0.15, 0.2) is 27.6 Å². The molecule has 0 aliphatic rings. The van der Waals surface area contributed by atoms with Gasteiger partial charge >= 0.3 is 5.97 Å². The van der Waals surface area contributed by atoms with Gasteiger partial charge in [0.05, 0.1) is 12.4 Å². The van der Waals surface area contributed by atoms with Crippen LogP contribution in [0.3, 0.4) is 0 Å². The topological polar surface area (TPSA) is 81.4 Å². The molecule has 0 radical (unpaired) electrons. The van der Waals surface area contributed by atoms with E-state index >= 15 is 0 Å². The molecule has 0 heterocycles. The van der Waals surface area contributed by atoms with Gasteiger partial charge in [-0.1, -0.05) is 0 Å². The van der Waals surface area contributed by atoms with E-state index in [2.05, 4.69) is 21.2 Å². The van der Waals surface area contributed by atoms with Crippen LogP contribution < -0.4 is 11.1 Å². The minimum Gasteiger partial charge on any atom is -0.466 e. The van der Waals surface area contributed by atoms with Crippen LogP contribution in [0.5, 0.6) is 0 Å². The van der Waals surface area contributed by atoms with Gasteiger partial charge in [0.1, 0.15) is 0 Å². The molecule has 0 atom stereocenters. The van der Waals surface area contributed by atoms with Crippen molar-refractivity contribution in [2.75, 3.05) is 24.6 Å². The van der Waals surface area contributed by atoms with Crippen LogP contribution >= 0.6 is 27.7 Å². The van der Waals surface area contributed by atoms with E-state index in [1.165, 1.54) is 11.8 Å². The van der Waals surface area contributed by atoms with Crippen LogP contribution in [-0.4, -0.2) is 30.8 Å². The van der Waals surface area contributed by atoms with Gasteiger partial charge in [-0.15, -0.1) is 11.8 Å². The van der Waals surface area contributed by atoms with E-state index in [0.29, 0.717) is 37.4 Å². The minimum atomic E-state index is -0.230. The van der Waals surface area contributed by atoms with Crippen LogP contribution in [0.1, 0.15) is 19.8 Å². The fraction of sp³-hybridized carbons (Fsp3) is 0.429. The highest BCUT2D eigenvalue weighted by Crippen LogP contribution is 2.28. The second-order valence-electron chi connectivity index (χ2n) is 4.24. The van der Waals surface area contributed by atoms with Gasteiger partial charge < -0.3 is 15.8 Å². The van der Waals surface area contributed by atoms with Crippen LogP contribution in [0.4, 0.5) is 5.69 Å². The third-order valence-corrected chi connectivity index (χ3v) is 4.49. The number of nitrogens with two attached hydrogens (primary N) is 1. The maximum atomic E-state index is 11.7. The predicted octanol–water partition coefficient (Wildman–Crippen LogP) is 2.58. The Bertz CT molecular complexity index is 497. The Morgan fingerprint density at radius 2 is 2.19 bits per heavy atom. The number of esters is 1. The largest absolute Gasteiger partial charge is 0.466 e. The highest BCUT2D eigenvalue weighted by molar-refractivity contribution is 9.10. The number of carbonyl (C=O) groups is 2. The average Bonchev–Trinajstić information content (AvgIpc) is 2.43. The summed E-state index contributed by atoms with van der Waals surface area (Å²) in [7, 11) is 0. The molecule has 0 saturated carbocycles. The van der Waals surface area contributed by atoms with E-state index in [1.54, 1.807) is 19.1 Å². The van der Waals surface area contributed by atoms with Crippen molar-refractivity contribution < 1.29 is 14.3 Å². The summed E-state index contributed by atoms with van der Waals surface area (Å²) in [6.45, 7) is 2.63. The highest BCUT2D eigenvalue weighted by Gasteiger charge is 2.06. The molecule has 1 aromatic rings. The molecule has 1 rings (SSSR count). The number of ether oxygens (including phenoxy) is 1. The smallest absolute Gasteiger partial charge is 0.305 e. The number of rotatable bonds is 8. The molecule has 0 aliphatic heterocycles. The quantitative estimate of drug-likeness (QED) is 0.316. The molecule has 0 aromatic heterocycles. The number of nitrogens with one attached hydrogen (secondary N) is 1. The molecule has 0 unspecified atom stereocenters. The van der Waals surface area contributed by atoms with Crippen LogP contribution in [0.25, 0.3) is 0 Å². The van der Waals surface area contributed by atoms with Gasteiger partial charge in [0.25, 0.3) is 0 Å². The van der Waals surface area contributed by atoms with Gasteiger partial charge in [0, 0.05) is 28.0 Å². The summed E-state index contributed by atoms with van der Waals surface area (Å²) in [6, 6.07) is 5.47. The number of amides is 1. The first-order valence-corrected chi connectivity index (χ1v) is 8.41. The normalized spacial score (nSPS) is 10.2. The predicted molar refractivity (Wildman–Crippen MR) is 88.2 cm³/mol. The summed E-state index contributed by atoms with van der Waals surface area (Å²) in [5.41, 5.74) is 6.33. The first-order valence-electron chi connectivity index (χ1n) is 6.63. The van der Waals surface area contributed by atoms with Gasteiger partial charge in [-0.05, 0) is 47.5 Å². The number of hydrogen-bond acceptors (Lipinski definition) is 5. The second kappa shape index (κ2) is 9.68. The van der Waals surface area contributed by atoms with E-state index in [0.717, 1.165) is 9.37 Å². The Morgan fingerprint density at radius 1 is 1.43 bits per heavy atom. The second-order valence-corrected chi connectivity index (χ2v) is 6.11. The standard InChI is InChI=1S/C14H19BrN2O3S/c1-2-20-14(19)4-3-7-17-13(18)9-21-12-6-5-10(16)8-11(12)15/h5-6,8H,2-4,7,9,16H2,1H3,(H,17,18). The summed E-state index contributed by atoms with van der Waals surface area (Å²) in [6.07, 6.45) is 0.908. The van der Waals surface area contributed by atoms with Crippen molar-refractivity contribution in [1.29, 1.82) is 0 Å². The van der Waals surface area contributed by atoms with Crippen molar-refractivity contribution in [3.05, 3.63) is 22.7 Å².